The van der Waals surface area contributed by atoms with Crippen LogP contribution in [0.15, 0.2) is 54.2 Å². The van der Waals surface area contributed by atoms with Gasteiger partial charge in [-0.1, -0.05) is 12.1 Å². The van der Waals surface area contributed by atoms with Crippen molar-refractivity contribution >= 4 is 17.6 Å². The summed E-state index contributed by atoms with van der Waals surface area (Å²) in [5, 5.41) is 2.79. The Morgan fingerprint density at radius 1 is 0.885 bits per heavy atom. The molecule has 0 radical (unpaired) electrons. The Kier molecular flexibility index (Phi) is 4.46. The Labute approximate surface area is 148 Å². The van der Waals surface area contributed by atoms with Gasteiger partial charge in [0.1, 0.15) is 11.6 Å². The second-order valence-corrected chi connectivity index (χ2v) is 6.12. The number of ether oxygens (including phenoxy) is 2. The molecule has 0 spiro atoms. The van der Waals surface area contributed by atoms with Gasteiger partial charge in [-0.2, -0.15) is 0 Å². The van der Waals surface area contributed by atoms with Gasteiger partial charge in [-0.3, -0.25) is 0 Å². The lowest BCUT2D eigenvalue weighted by Crippen LogP contribution is -2.42. The molecule has 1 N–H and O–H groups in total. The maximum Gasteiger partial charge on any atom is 0.350 e. The predicted octanol–water partition coefficient (Wildman–Crippen LogP) is 3.76. The standard InChI is InChI=1S/C19H15F2NO4/c1-19(2)25-17(23)16(18(24)26-19)10-22-15-5-3-11(4-6-15)12-7-13(20)9-14(21)8-12/h3-10,22H,1-2H3. The highest BCUT2D eigenvalue weighted by molar-refractivity contribution is 6.15. The third kappa shape index (κ3) is 3.88. The maximum atomic E-state index is 13.3. The number of rotatable bonds is 3. The van der Waals surface area contributed by atoms with Crippen LogP contribution in [-0.2, 0) is 19.1 Å². The molecule has 1 saturated heterocycles. The Hall–Kier alpha value is -3.22. The molecule has 0 aromatic heterocycles. The van der Waals surface area contributed by atoms with Gasteiger partial charge < -0.3 is 14.8 Å². The van der Waals surface area contributed by atoms with E-state index in [1.54, 1.807) is 24.3 Å². The number of carbonyl (C=O) groups is 2. The fraction of sp³-hybridized carbons (Fsp3) is 0.158. The smallest absolute Gasteiger partial charge is 0.350 e. The minimum atomic E-state index is -1.30. The number of anilines is 1. The van der Waals surface area contributed by atoms with Gasteiger partial charge in [-0.25, -0.2) is 18.4 Å². The van der Waals surface area contributed by atoms with Gasteiger partial charge in [0.05, 0.1) is 0 Å². The third-order valence-electron chi connectivity index (χ3n) is 3.58. The predicted molar refractivity (Wildman–Crippen MR) is 89.8 cm³/mol. The van der Waals surface area contributed by atoms with E-state index in [-0.39, 0.29) is 5.57 Å². The first-order valence-corrected chi connectivity index (χ1v) is 7.73. The van der Waals surface area contributed by atoms with Crippen molar-refractivity contribution in [2.45, 2.75) is 19.6 Å². The lowest BCUT2D eigenvalue weighted by molar-refractivity contribution is -0.222. The van der Waals surface area contributed by atoms with E-state index in [0.717, 1.165) is 6.07 Å². The summed E-state index contributed by atoms with van der Waals surface area (Å²) in [5.41, 5.74) is 1.30. The summed E-state index contributed by atoms with van der Waals surface area (Å²) in [6.07, 6.45) is 1.19. The van der Waals surface area contributed by atoms with Crippen LogP contribution < -0.4 is 5.32 Å². The van der Waals surface area contributed by atoms with Gasteiger partial charge >= 0.3 is 11.9 Å². The fourth-order valence-electron chi connectivity index (χ4n) is 2.41. The van der Waals surface area contributed by atoms with Crippen LogP contribution in [0.25, 0.3) is 11.1 Å². The molecular formula is C19H15F2NO4. The van der Waals surface area contributed by atoms with Gasteiger partial charge in [0.25, 0.3) is 5.79 Å². The van der Waals surface area contributed by atoms with Crippen molar-refractivity contribution in [1.29, 1.82) is 0 Å². The van der Waals surface area contributed by atoms with Crippen molar-refractivity contribution in [3.63, 3.8) is 0 Å². The molecule has 134 valence electrons. The Morgan fingerprint density at radius 2 is 1.42 bits per heavy atom. The number of nitrogens with one attached hydrogen (secondary N) is 1. The van der Waals surface area contributed by atoms with E-state index in [1.165, 1.54) is 32.2 Å². The molecule has 2 aromatic carbocycles. The summed E-state index contributed by atoms with van der Waals surface area (Å²) in [6.45, 7) is 2.92. The molecule has 3 rings (SSSR count). The Balaban J connectivity index is 1.76. The van der Waals surface area contributed by atoms with Crippen LogP contribution in [0.1, 0.15) is 13.8 Å². The summed E-state index contributed by atoms with van der Waals surface area (Å²) in [5.74, 6) is -4.20. The van der Waals surface area contributed by atoms with Gasteiger partial charge in [0.15, 0.2) is 5.57 Å². The molecule has 26 heavy (non-hydrogen) atoms. The summed E-state index contributed by atoms with van der Waals surface area (Å²) >= 11 is 0. The van der Waals surface area contributed by atoms with E-state index >= 15 is 0 Å². The largest absolute Gasteiger partial charge is 0.419 e. The van der Waals surface area contributed by atoms with E-state index in [2.05, 4.69) is 5.32 Å². The molecule has 1 aliphatic rings. The first-order chi connectivity index (χ1) is 12.2. The molecule has 0 atom stereocenters. The number of benzene rings is 2. The van der Waals surface area contributed by atoms with Gasteiger partial charge in [0, 0.05) is 31.8 Å². The molecule has 1 heterocycles. The molecule has 0 aliphatic carbocycles. The summed E-state index contributed by atoms with van der Waals surface area (Å²) < 4.78 is 36.6. The second-order valence-electron chi connectivity index (χ2n) is 6.12. The lowest BCUT2D eigenvalue weighted by Gasteiger charge is -2.29. The topological polar surface area (TPSA) is 64.6 Å². The Morgan fingerprint density at radius 3 is 1.96 bits per heavy atom. The van der Waals surface area contributed by atoms with E-state index in [1.807, 2.05) is 0 Å². The average molecular weight is 359 g/mol. The lowest BCUT2D eigenvalue weighted by atomic mass is 10.1. The molecule has 5 nitrogen and oxygen atoms in total. The van der Waals surface area contributed by atoms with Crippen molar-refractivity contribution in [2.75, 3.05) is 5.32 Å². The third-order valence-corrected chi connectivity index (χ3v) is 3.58. The van der Waals surface area contributed by atoms with Gasteiger partial charge in [-0.15, -0.1) is 0 Å². The number of carbonyl (C=O) groups excluding carboxylic acids is 2. The van der Waals surface area contributed by atoms with Crippen molar-refractivity contribution in [2.24, 2.45) is 0 Å². The molecular weight excluding hydrogens is 344 g/mol. The fourth-order valence-corrected chi connectivity index (χ4v) is 2.41. The number of halogens is 2. The minimum absolute atomic E-state index is 0.263. The van der Waals surface area contributed by atoms with Crippen molar-refractivity contribution in [1.82, 2.24) is 0 Å². The molecule has 1 fully saturated rings. The monoisotopic (exact) mass is 359 g/mol. The zero-order valence-corrected chi connectivity index (χ0v) is 14.0. The molecule has 0 amide bonds. The van der Waals surface area contributed by atoms with Gasteiger partial charge in [-0.05, 0) is 35.4 Å². The number of esters is 2. The molecule has 7 heteroatoms. The van der Waals surface area contributed by atoms with Crippen LogP contribution in [0.5, 0.6) is 0 Å². The second kappa shape index (κ2) is 6.59. The summed E-state index contributed by atoms with van der Waals surface area (Å²) in [6, 6.07) is 9.82. The highest BCUT2D eigenvalue weighted by Gasteiger charge is 2.38. The van der Waals surface area contributed by atoms with E-state index in [9.17, 15) is 18.4 Å². The molecule has 1 aliphatic heterocycles. The van der Waals surface area contributed by atoms with E-state index < -0.39 is 29.4 Å². The quantitative estimate of drug-likeness (QED) is 0.514. The molecule has 0 unspecified atom stereocenters. The average Bonchev–Trinajstić information content (AvgIpc) is 2.52. The zero-order chi connectivity index (χ0) is 18.9. The maximum absolute atomic E-state index is 13.3. The molecule has 0 bridgehead atoms. The number of hydrogen-bond acceptors (Lipinski definition) is 5. The Bertz CT molecular complexity index is 862. The van der Waals surface area contributed by atoms with E-state index in [0.29, 0.717) is 16.8 Å². The van der Waals surface area contributed by atoms with Crippen LogP contribution in [0, 0.1) is 11.6 Å². The summed E-state index contributed by atoms with van der Waals surface area (Å²) in [7, 11) is 0. The first-order valence-electron chi connectivity index (χ1n) is 7.73. The van der Waals surface area contributed by atoms with Crippen LogP contribution in [-0.4, -0.2) is 17.7 Å². The van der Waals surface area contributed by atoms with E-state index in [4.69, 9.17) is 9.47 Å². The van der Waals surface area contributed by atoms with Crippen LogP contribution >= 0.6 is 0 Å². The first kappa shape index (κ1) is 17.6. The van der Waals surface area contributed by atoms with Crippen LogP contribution in [0.4, 0.5) is 14.5 Å². The van der Waals surface area contributed by atoms with Gasteiger partial charge in [0.2, 0.25) is 0 Å². The molecule has 2 aromatic rings. The normalized spacial score (nSPS) is 15.9. The van der Waals surface area contributed by atoms with Crippen molar-refractivity contribution in [3.05, 3.63) is 65.9 Å². The molecule has 0 saturated carbocycles. The zero-order valence-electron chi connectivity index (χ0n) is 14.0. The van der Waals surface area contributed by atoms with Crippen molar-refractivity contribution < 1.29 is 27.8 Å². The van der Waals surface area contributed by atoms with Crippen LogP contribution in [0.2, 0.25) is 0 Å². The summed E-state index contributed by atoms with van der Waals surface area (Å²) in [4.78, 5) is 23.7. The van der Waals surface area contributed by atoms with Crippen molar-refractivity contribution in [3.8, 4) is 11.1 Å². The SMILES string of the molecule is CC1(C)OC(=O)C(=CNc2ccc(-c3cc(F)cc(F)c3)cc2)C(=O)O1. The minimum Gasteiger partial charge on any atom is -0.419 e. The highest BCUT2D eigenvalue weighted by Crippen LogP contribution is 2.25. The number of cyclic esters (lactones) is 2. The highest BCUT2D eigenvalue weighted by atomic mass is 19.1. The van der Waals surface area contributed by atoms with Crippen LogP contribution in [0.3, 0.4) is 0 Å². The number of hydrogen-bond donors (Lipinski definition) is 1.